The highest BCUT2D eigenvalue weighted by atomic mass is 14.7. The van der Waals surface area contributed by atoms with E-state index in [1.807, 2.05) is 0 Å². The molecule has 1 saturated carbocycles. The highest BCUT2D eigenvalue weighted by Gasteiger charge is 2.51. The van der Waals surface area contributed by atoms with Crippen LogP contribution in [0.1, 0.15) is 33.6 Å². The van der Waals surface area contributed by atoms with Crippen molar-refractivity contribution in [3.63, 3.8) is 0 Å². The molecule has 0 bridgehead atoms. The molecule has 1 fully saturated rings. The lowest BCUT2D eigenvalue weighted by Crippen LogP contribution is -2.14. The Bertz CT molecular complexity index is 122. The van der Waals surface area contributed by atoms with Crippen LogP contribution in [0.25, 0.3) is 0 Å². The summed E-state index contributed by atoms with van der Waals surface area (Å²) in [5.74, 6) is 1.68. The van der Waals surface area contributed by atoms with E-state index in [-0.39, 0.29) is 0 Å². The summed E-state index contributed by atoms with van der Waals surface area (Å²) in [4.78, 5) is 0. The van der Waals surface area contributed by atoms with Crippen molar-refractivity contribution >= 4 is 0 Å². The van der Waals surface area contributed by atoms with Crippen molar-refractivity contribution in [3.05, 3.63) is 0 Å². The summed E-state index contributed by atoms with van der Waals surface area (Å²) in [6.45, 7) is 7.87. The largest absolute Gasteiger partial charge is 0.330 e. The zero-order valence-corrected chi connectivity index (χ0v) is 7.35. The molecule has 10 heavy (non-hydrogen) atoms. The smallest absolute Gasteiger partial charge is 0.00433 e. The molecule has 2 N–H and O–H groups in total. The molecule has 0 aromatic carbocycles. The van der Waals surface area contributed by atoms with Crippen molar-refractivity contribution in [2.24, 2.45) is 23.0 Å². The van der Waals surface area contributed by atoms with E-state index in [0.717, 1.165) is 18.4 Å². The molecule has 1 heteroatoms. The SMILES string of the molecule is CCC(C)C1(C)CC1CN. The van der Waals surface area contributed by atoms with Gasteiger partial charge in [0.15, 0.2) is 0 Å². The third-order valence-corrected chi connectivity index (χ3v) is 3.48. The molecular weight excluding hydrogens is 122 g/mol. The van der Waals surface area contributed by atoms with E-state index < -0.39 is 0 Å². The van der Waals surface area contributed by atoms with Gasteiger partial charge in [-0.15, -0.1) is 0 Å². The molecule has 1 aliphatic rings. The van der Waals surface area contributed by atoms with Gasteiger partial charge in [0.1, 0.15) is 0 Å². The van der Waals surface area contributed by atoms with E-state index in [9.17, 15) is 0 Å². The molecule has 0 spiro atoms. The minimum absolute atomic E-state index is 0.601. The molecule has 0 amide bonds. The zero-order chi connectivity index (χ0) is 7.78. The van der Waals surface area contributed by atoms with Gasteiger partial charge >= 0.3 is 0 Å². The predicted molar refractivity (Wildman–Crippen MR) is 44.7 cm³/mol. The lowest BCUT2D eigenvalue weighted by Gasteiger charge is -2.17. The Morgan fingerprint density at radius 2 is 2.30 bits per heavy atom. The van der Waals surface area contributed by atoms with Gasteiger partial charge in [-0.1, -0.05) is 27.2 Å². The molecule has 0 heterocycles. The summed E-state index contributed by atoms with van der Waals surface area (Å²) in [7, 11) is 0. The van der Waals surface area contributed by atoms with Gasteiger partial charge in [-0.3, -0.25) is 0 Å². The van der Waals surface area contributed by atoms with Crippen LogP contribution in [0.3, 0.4) is 0 Å². The molecule has 0 saturated heterocycles. The summed E-state index contributed by atoms with van der Waals surface area (Å²) < 4.78 is 0. The van der Waals surface area contributed by atoms with Gasteiger partial charge in [0.2, 0.25) is 0 Å². The first kappa shape index (κ1) is 8.06. The van der Waals surface area contributed by atoms with Crippen molar-refractivity contribution in [3.8, 4) is 0 Å². The van der Waals surface area contributed by atoms with Crippen molar-refractivity contribution in [1.29, 1.82) is 0 Å². The zero-order valence-electron chi connectivity index (χ0n) is 7.35. The van der Waals surface area contributed by atoms with E-state index in [0.29, 0.717) is 5.41 Å². The molecule has 3 unspecified atom stereocenters. The molecule has 60 valence electrons. The average Bonchev–Trinajstić information content (AvgIpc) is 2.61. The second-order valence-electron chi connectivity index (χ2n) is 3.95. The fraction of sp³-hybridized carbons (Fsp3) is 1.00. The molecule has 1 nitrogen and oxygen atoms in total. The summed E-state index contributed by atoms with van der Waals surface area (Å²) >= 11 is 0. The first-order valence-electron chi connectivity index (χ1n) is 4.35. The molecule has 0 aromatic rings. The van der Waals surface area contributed by atoms with E-state index in [4.69, 9.17) is 5.73 Å². The Balaban J connectivity index is 2.42. The maximum Gasteiger partial charge on any atom is -0.00433 e. The summed E-state index contributed by atoms with van der Waals surface area (Å²) in [5, 5.41) is 0. The molecule has 0 radical (unpaired) electrons. The Morgan fingerprint density at radius 1 is 1.70 bits per heavy atom. The third-order valence-electron chi connectivity index (χ3n) is 3.48. The van der Waals surface area contributed by atoms with Crippen LogP contribution in [0.2, 0.25) is 0 Å². The Kier molecular flexibility index (Phi) is 2.04. The van der Waals surface area contributed by atoms with Gasteiger partial charge in [0, 0.05) is 0 Å². The minimum Gasteiger partial charge on any atom is -0.330 e. The van der Waals surface area contributed by atoms with Crippen molar-refractivity contribution in [2.45, 2.75) is 33.6 Å². The molecule has 1 aliphatic carbocycles. The standard InChI is InChI=1S/C9H19N/c1-4-7(2)9(3)5-8(9)6-10/h7-8H,4-6,10H2,1-3H3. The van der Waals surface area contributed by atoms with Gasteiger partial charge in [-0.25, -0.2) is 0 Å². The molecule has 0 aromatic heterocycles. The van der Waals surface area contributed by atoms with Crippen molar-refractivity contribution in [1.82, 2.24) is 0 Å². The van der Waals surface area contributed by atoms with Crippen molar-refractivity contribution in [2.75, 3.05) is 6.54 Å². The molecule has 3 atom stereocenters. The van der Waals surface area contributed by atoms with Crippen LogP contribution in [0.4, 0.5) is 0 Å². The first-order valence-corrected chi connectivity index (χ1v) is 4.35. The fourth-order valence-corrected chi connectivity index (χ4v) is 1.89. The Hall–Kier alpha value is -0.0400. The minimum atomic E-state index is 0.601. The number of nitrogens with two attached hydrogens (primary N) is 1. The van der Waals surface area contributed by atoms with Gasteiger partial charge in [0.25, 0.3) is 0 Å². The van der Waals surface area contributed by atoms with Crippen LogP contribution < -0.4 is 5.73 Å². The normalized spacial score (nSPS) is 41.4. The topological polar surface area (TPSA) is 26.0 Å². The highest BCUT2D eigenvalue weighted by molar-refractivity contribution is 5.01. The maximum absolute atomic E-state index is 5.60. The average molecular weight is 141 g/mol. The van der Waals surface area contributed by atoms with Crippen LogP contribution in [0.5, 0.6) is 0 Å². The molecule has 0 aliphatic heterocycles. The van der Waals surface area contributed by atoms with Crippen LogP contribution in [-0.4, -0.2) is 6.54 Å². The number of hydrogen-bond acceptors (Lipinski definition) is 1. The van der Waals surface area contributed by atoms with E-state index >= 15 is 0 Å². The lowest BCUT2D eigenvalue weighted by atomic mass is 9.88. The van der Waals surface area contributed by atoms with Gasteiger partial charge in [0.05, 0.1) is 0 Å². The Labute approximate surface area is 64.0 Å². The second kappa shape index (κ2) is 2.54. The summed E-state index contributed by atoms with van der Waals surface area (Å²) in [6.07, 6.45) is 2.66. The van der Waals surface area contributed by atoms with Gasteiger partial charge in [-0.2, -0.15) is 0 Å². The number of hydrogen-bond donors (Lipinski definition) is 1. The van der Waals surface area contributed by atoms with E-state index in [2.05, 4.69) is 20.8 Å². The van der Waals surface area contributed by atoms with E-state index in [1.54, 1.807) is 0 Å². The van der Waals surface area contributed by atoms with Crippen LogP contribution in [0, 0.1) is 17.3 Å². The molecule has 1 rings (SSSR count). The second-order valence-corrected chi connectivity index (χ2v) is 3.95. The molecular formula is C9H19N. The van der Waals surface area contributed by atoms with Crippen LogP contribution in [-0.2, 0) is 0 Å². The lowest BCUT2D eigenvalue weighted by molar-refractivity contribution is 0.324. The highest BCUT2D eigenvalue weighted by Crippen LogP contribution is 2.57. The maximum atomic E-state index is 5.60. The van der Waals surface area contributed by atoms with Crippen LogP contribution in [0.15, 0.2) is 0 Å². The fourth-order valence-electron chi connectivity index (χ4n) is 1.89. The van der Waals surface area contributed by atoms with Gasteiger partial charge in [-0.05, 0) is 30.2 Å². The first-order chi connectivity index (χ1) is 4.65. The third kappa shape index (κ3) is 1.07. The summed E-state index contributed by atoms with van der Waals surface area (Å²) in [5.41, 5.74) is 6.20. The number of rotatable bonds is 3. The quantitative estimate of drug-likeness (QED) is 0.639. The summed E-state index contributed by atoms with van der Waals surface area (Å²) in [6, 6.07) is 0. The van der Waals surface area contributed by atoms with Crippen LogP contribution >= 0.6 is 0 Å². The van der Waals surface area contributed by atoms with E-state index in [1.165, 1.54) is 12.8 Å². The predicted octanol–water partition coefficient (Wildman–Crippen LogP) is 2.02. The van der Waals surface area contributed by atoms with Gasteiger partial charge < -0.3 is 5.73 Å². The monoisotopic (exact) mass is 141 g/mol. The Morgan fingerprint density at radius 3 is 2.60 bits per heavy atom. The van der Waals surface area contributed by atoms with Crippen molar-refractivity contribution < 1.29 is 0 Å².